The van der Waals surface area contributed by atoms with Crippen molar-refractivity contribution >= 4 is 5.69 Å². The van der Waals surface area contributed by atoms with Gasteiger partial charge in [-0.2, -0.15) is 0 Å². The van der Waals surface area contributed by atoms with Crippen molar-refractivity contribution in [1.29, 1.82) is 0 Å². The molecule has 0 unspecified atom stereocenters. The summed E-state index contributed by atoms with van der Waals surface area (Å²) in [4.78, 5) is 2.45. The molecule has 2 aliphatic heterocycles. The molecule has 0 aliphatic carbocycles. The van der Waals surface area contributed by atoms with Crippen molar-refractivity contribution in [1.82, 2.24) is 5.32 Å². The number of benzene rings is 2. The SMILES string of the molecule is c1cc(CC[C@H]2COc3ccccc3O2)cc(N2CCNCC2)c1. The zero-order chi connectivity index (χ0) is 16.2. The molecular formula is C20H24N2O2. The van der Waals surface area contributed by atoms with Gasteiger partial charge in [-0.15, -0.1) is 0 Å². The Hall–Kier alpha value is -2.20. The van der Waals surface area contributed by atoms with E-state index in [9.17, 15) is 0 Å². The lowest BCUT2D eigenvalue weighted by Crippen LogP contribution is -2.43. The first kappa shape index (κ1) is 15.3. The molecule has 1 N–H and O–H groups in total. The van der Waals surface area contributed by atoms with Crippen LogP contribution in [0.2, 0.25) is 0 Å². The van der Waals surface area contributed by atoms with Crippen LogP contribution >= 0.6 is 0 Å². The molecule has 2 aliphatic rings. The smallest absolute Gasteiger partial charge is 0.161 e. The lowest BCUT2D eigenvalue weighted by atomic mass is 10.1. The number of para-hydroxylation sites is 2. The van der Waals surface area contributed by atoms with Crippen LogP contribution in [0.5, 0.6) is 11.5 Å². The van der Waals surface area contributed by atoms with Gasteiger partial charge >= 0.3 is 0 Å². The van der Waals surface area contributed by atoms with Crippen LogP contribution < -0.4 is 19.7 Å². The highest BCUT2D eigenvalue weighted by molar-refractivity contribution is 5.49. The molecule has 1 fully saturated rings. The third kappa shape index (κ3) is 3.49. The lowest BCUT2D eigenvalue weighted by Gasteiger charge is -2.30. The molecule has 0 radical (unpaired) electrons. The van der Waals surface area contributed by atoms with E-state index in [-0.39, 0.29) is 6.10 Å². The summed E-state index contributed by atoms with van der Waals surface area (Å²) in [5, 5.41) is 3.40. The number of anilines is 1. The Balaban J connectivity index is 1.36. The zero-order valence-corrected chi connectivity index (χ0v) is 13.9. The third-order valence-electron chi connectivity index (χ3n) is 4.72. The molecule has 2 aromatic carbocycles. The maximum Gasteiger partial charge on any atom is 0.161 e. The number of hydrogen-bond acceptors (Lipinski definition) is 4. The topological polar surface area (TPSA) is 33.7 Å². The van der Waals surface area contributed by atoms with Gasteiger partial charge in [0.2, 0.25) is 0 Å². The highest BCUT2D eigenvalue weighted by Crippen LogP contribution is 2.32. The van der Waals surface area contributed by atoms with Gasteiger partial charge in [-0.25, -0.2) is 0 Å². The molecule has 0 amide bonds. The quantitative estimate of drug-likeness (QED) is 0.938. The molecule has 2 aromatic rings. The van der Waals surface area contributed by atoms with Gasteiger partial charge in [0, 0.05) is 31.9 Å². The fourth-order valence-electron chi connectivity index (χ4n) is 3.36. The summed E-state index contributed by atoms with van der Waals surface area (Å²) in [6.07, 6.45) is 2.11. The highest BCUT2D eigenvalue weighted by Gasteiger charge is 2.20. The predicted molar refractivity (Wildman–Crippen MR) is 96.2 cm³/mol. The molecule has 4 heteroatoms. The second kappa shape index (κ2) is 7.14. The van der Waals surface area contributed by atoms with Gasteiger partial charge < -0.3 is 19.7 Å². The highest BCUT2D eigenvalue weighted by atomic mass is 16.6. The minimum absolute atomic E-state index is 0.128. The zero-order valence-electron chi connectivity index (χ0n) is 13.9. The van der Waals surface area contributed by atoms with Crippen LogP contribution in [0, 0.1) is 0 Å². The summed E-state index contributed by atoms with van der Waals surface area (Å²) in [6.45, 7) is 4.93. The normalized spacial score (nSPS) is 20.0. The average Bonchev–Trinajstić information content (AvgIpc) is 2.67. The number of rotatable bonds is 4. The van der Waals surface area contributed by atoms with E-state index in [0.717, 1.165) is 50.5 Å². The second-order valence-corrected chi connectivity index (χ2v) is 6.44. The van der Waals surface area contributed by atoms with Crippen molar-refractivity contribution in [2.24, 2.45) is 0 Å². The van der Waals surface area contributed by atoms with E-state index >= 15 is 0 Å². The van der Waals surface area contributed by atoms with Crippen molar-refractivity contribution in [3.8, 4) is 11.5 Å². The Morgan fingerprint density at radius 3 is 2.71 bits per heavy atom. The number of nitrogens with one attached hydrogen (secondary N) is 1. The van der Waals surface area contributed by atoms with E-state index in [1.54, 1.807) is 0 Å². The van der Waals surface area contributed by atoms with Crippen molar-refractivity contribution < 1.29 is 9.47 Å². The van der Waals surface area contributed by atoms with Gasteiger partial charge in [-0.3, -0.25) is 0 Å². The number of hydrogen-bond donors (Lipinski definition) is 1. The molecule has 0 aromatic heterocycles. The summed E-state index contributed by atoms with van der Waals surface area (Å²) in [6, 6.07) is 16.8. The summed E-state index contributed by atoms with van der Waals surface area (Å²) in [5.74, 6) is 1.72. The van der Waals surface area contributed by atoms with E-state index in [1.807, 2.05) is 24.3 Å². The molecule has 0 spiro atoms. The van der Waals surface area contributed by atoms with Crippen LogP contribution in [-0.2, 0) is 6.42 Å². The monoisotopic (exact) mass is 324 g/mol. The summed E-state index contributed by atoms with van der Waals surface area (Å²) < 4.78 is 11.9. The maximum absolute atomic E-state index is 6.06. The van der Waals surface area contributed by atoms with Gasteiger partial charge in [-0.05, 0) is 42.7 Å². The number of aryl methyl sites for hydroxylation is 1. The Labute approximate surface area is 143 Å². The first-order valence-electron chi connectivity index (χ1n) is 8.81. The summed E-state index contributed by atoms with van der Waals surface area (Å²) in [7, 11) is 0. The lowest BCUT2D eigenvalue weighted by molar-refractivity contribution is 0.0851. The summed E-state index contributed by atoms with van der Waals surface area (Å²) >= 11 is 0. The molecule has 0 bridgehead atoms. The average molecular weight is 324 g/mol. The number of fused-ring (bicyclic) bond motifs is 1. The van der Waals surface area contributed by atoms with Crippen LogP contribution in [0.3, 0.4) is 0 Å². The minimum Gasteiger partial charge on any atom is -0.486 e. The van der Waals surface area contributed by atoms with Crippen molar-refractivity contribution in [3.63, 3.8) is 0 Å². The van der Waals surface area contributed by atoms with Crippen LogP contribution in [0.4, 0.5) is 5.69 Å². The first-order chi connectivity index (χ1) is 11.9. The predicted octanol–water partition coefficient (Wildman–Crippen LogP) is 2.87. The van der Waals surface area contributed by atoms with Crippen molar-refractivity contribution in [2.45, 2.75) is 18.9 Å². The molecule has 0 saturated carbocycles. The van der Waals surface area contributed by atoms with Crippen LogP contribution in [0.15, 0.2) is 48.5 Å². The molecule has 4 nitrogen and oxygen atoms in total. The first-order valence-corrected chi connectivity index (χ1v) is 8.81. The standard InChI is InChI=1S/C20H24N2O2/c1-2-7-20-19(6-1)23-15-18(24-20)9-8-16-4-3-5-17(14-16)22-12-10-21-11-13-22/h1-7,14,18,21H,8-13,15H2/t18-/m0/s1. The van der Waals surface area contributed by atoms with Gasteiger partial charge in [0.15, 0.2) is 11.5 Å². The van der Waals surface area contributed by atoms with Gasteiger partial charge in [0.1, 0.15) is 12.7 Å². The minimum atomic E-state index is 0.128. The Morgan fingerprint density at radius 2 is 1.83 bits per heavy atom. The van der Waals surface area contributed by atoms with Crippen LogP contribution in [0.1, 0.15) is 12.0 Å². The molecule has 1 saturated heterocycles. The number of piperazine rings is 1. The third-order valence-corrected chi connectivity index (χ3v) is 4.72. The van der Waals surface area contributed by atoms with Crippen molar-refractivity contribution in [3.05, 3.63) is 54.1 Å². The van der Waals surface area contributed by atoms with E-state index in [0.29, 0.717) is 6.61 Å². The maximum atomic E-state index is 6.06. The van der Waals surface area contributed by atoms with Crippen LogP contribution in [-0.4, -0.2) is 38.9 Å². The van der Waals surface area contributed by atoms with Gasteiger partial charge in [0.25, 0.3) is 0 Å². The van der Waals surface area contributed by atoms with E-state index in [4.69, 9.17) is 9.47 Å². The Kier molecular flexibility index (Phi) is 4.56. The second-order valence-electron chi connectivity index (χ2n) is 6.44. The number of nitrogens with zero attached hydrogens (tertiary/aromatic N) is 1. The molecule has 24 heavy (non-hydrogen) atoms. The van der Waals surface area contributed by atoms with Gasteiger partial charge in [0.05, 0.1) is 0 Å². The Morgan fingerprint density at radius 1 is 1.00 bits per heavy atom. The molecule has 2 heterocycles. The molecule has 126 valence electrons. The Bertz CT molecular complexity index is 683. The number of ether oxygens (including phenoxy) is 2. The molecular weight excluding hydrogens is 300 g/mol. The fourth-order valence-corrected chi connectivity index (χ4v) is 3.36. The summed E-state index contributed by atoms with van der Waals surface area (Å²) in [5.41, 5.74) is 2.70. The van der Waals surface area contributed by atoms with E-state index in [2.05, 4.69) is 34.5 Å². The largest absolute Gasteiger partial charge is 0.486 e. The fraction of sp³-hybridized carbons (Fsp3) is 0.400. The van der Waals surface area contributed by atoms with Gasteiger partial charge in [-0.1, -0.05) is 24.3 Å². The molecule has 4 rings (SSSR count). The van der Waals surface area contributed by atoms with Crippen molar-refractivity contribution in [2.75, 3.05) is 37.7 Å². The van der Waals surface area contributed by atoms with E-state index < -0.39 is 0 Å². The van der Waals surface area contributed by atoms with Crippen LogP contribution in [0.25, 0.3) is 0 Å². The molecule has 1 atom stereocenters. The van der Waals surface area contributed by atoms with E-state index in [1.165, 1.54) is 11.3 Å².